The fourth-order valence-electron chi connectivity index (χ4n) is 1.45. The van der Waals surface area contributed by atoms with Gasteiger partial charge in [-0.2, -0.15) is 0 Å². The van der Waals surface area contributed by atoms with Crippen molar-refractivity contribution in [2.45, 2.75) is 43.4 Å². The first-order chi connectivity index (χ1) is 8.34. The van der Waals surface area contributed by atoms with Crippen LogP contribution < -0.4 is 5.32 Å². The number of rotatable bonds is 6. The van der Waals surface area contributed by atoms with Gasteiger partial charge in [0.25, 0.3) is 15.0 Å². The van der Waals surface area contributed by atoms with Gasteiger partial charge in [0, 0.05) is 22.1 Å². The molecule has 0 bridgehead atoms. The number of hydrogen-bond donors (Lipinski definition) is 1. The lowest BCUT2D eigenvalue weighted by atomic mass is 10.1. The lowest BCUT2D eigenvalue weighted by Crippen LogP contribution is -2.32. The van der Waals surface area contributed by atoms with Crippen molar-refractivity contribution in [2.75, 3.05) is 0 Å². The molecule has 0 spiro atoms. The molecule has 0 aliphatic heterocycles. The summed E-state index contributed by atoms with van der Waals surface area (Å²) >= 11 is 0.949. The summed E-state index contributed by atoms with van der Waals surface area (Å²) < 4.78 is 22.1. The number of carbonyl (C=O) groups is 1. The fraction of sp³-hybridized carbons (Fsp3) is 0.545. The lowest BCUT2D eigenvalue weighted by molar-refractivity contribution is 0.0938. The fourth-order valence-corrected chi connectivity index (χ4v) is 3.40. The predicted octanol–water partition coefficient (Wildman–Crippen LogP) is 2.98. The van der Waals surface area contributed by atoms with Crippen LogP contribution in [-0.2, 0) is 9.05 Å². The third kappa shape index (κ3) is 4.59. The molecule has 1 amide bonds. The first kappa shape index (κ1) is 15.5. The summed E-state index contributed by atoms with van der Waals surface area (Å²) in [6, 6.07) is 1.38. The van der Waals surface area contributed by atoms with Gasteiger partial charge in [-0.3, -0.25) is 4.79 Å². The van der Waals surface area contributed by atoms with E-state index < -0.39 is 9.05 Å². The van der Waals surface area contributed by atoms with Crippen molar-refractivity contribution < 1.29 is 13.2 Å². The highest BCUT2D eigenvalue weighted by molar-refractivity contribution is 8.15. The van der Waals surface area contributed by atoms with Gasteiger partial charge in [0.15, 0.2) is 0 Å². The molecule has 1 aromatic heterocycles. The standard InChI is InChI=1S/C11H16ClNO3S2/c1-3-4-5-8(2)13-11(14)9-6-10(17-7-9)18(12,15)16/h6-8H,3-5H2,1-2H3,(H,13,14). The quantitative estimate of drug-likeness (QED) is 0.822. The Bertz CT molecular complexity index is 510. The normalized spacial score (nSPS) is 13.3. The molecular weight excluding hydrogens is 294 g/mol. The zero-order valence-corrected chi connectivity index (χ0v) is 12.7. The highest BCUT2D eigenvalue weighted by Crippen LogP contribution is 2.23. The van der Waals surface area contributed by atoms with E-state index in [0.717, 1.165) is 30.6 Å². The Morgan fingerprint density at radius 3 is 2.72 bits per heavy atom. The summed E-state index contributed by atoms with van der Waals surface area (Å²) in [5.74, 6) is -0.263. The van der Waals surface area contributed by atoms with E-state index in [9.17, 15) is 13.2 Å². The second kappa shape index (κ2) is 6.54. The summed E-state index contributed by atoms with van der Waals surface area (Å²) in [5, 5.41) is 4.32. The maximum Gasteiger partial charge on any atom is 0.270 e. The zero-order chi connectivity index (χ0) is 13.8. The molecule has 1 rings (SSSR count). The first-order valence-electron chi connectivity index (χ1n) is 5.68. The van der Waals surface area contributed by atoms with E-state index in [1.54, 1.807) is 0 Å². The molecule has 0 radical (unpaired) electrons. The Morgan fingerprint density at radius 2 is 2.22 bits per heavy atom. The topological polar surface area (TPSA) is 63.2 Å². The molecule has 1 unspecified atom stereocenters. The van der Waals surface area contributed by atoms with Gasteiger partial charge in [-0.1, -0.05) is 19.8 Å². The molecule has 0 aliphatic rings. The summed E-state index contributed by atoms with van der Waals surface area (Å²) in [4.78, 5) is 11.8. The first-order valence-corrected chi connectivity index (χ1v) is 8.87. The number of amides is 1. The molecule has 18 heavy (non-hydrogen) atoms. The second-order valence-electron chi connectivity index (χ2n) is 4.11. The highest BCUT2D eigenvalue weighted by Gasteiger charge is 2.17. The summed E-state index contributed by atoms with van der Waals surface area (Å²) in [6.07, 6.45) is 3.03. The van der Waals surface area contributed by atoms with Gasteiger partial charge in [0.05, 0.1) is 5.56 Å². The van der Waals surface area contributed by atoms with E-state index in [-0.39, 0.29) is 16.2 Å². The molecule has 1 aromatic rings. The average molecular weight is 310 g/mol. The maximum atomic E-state index is 11.8. The van der Waals surface area contributed by atoms with Gasteiger partial charge in [-0.25, -0.2) is 8.42 Å². The van der Waals surface area contributed by atoms with Crippen LogP contribution >= 0.6 is 22.0 Å². The van der Waals surface area contributed by atoms with Crippen molar-refractivity contribution in [2.24, 2.45) is 0 Å². The van der Waals surface area contributed by atoms with Gasteiger partial charge in [-0.05, 0) is 19.4 Å². The van der Waals surface area contributed by atoms with Crippen LogP contribution in [0.25, 0.3) is 0 Å². The summed E-state index contributed by atoms with van der Waals surface area (Å²) in [6.45, 7) is 4.02. The number of thiophene rings is 1. The van der Waals surface area contributed by atoms with Crippen LogP contribution in [0.15, 0.2) is 15.7 Å². The van der Waals surface area contributed by atoms with E-state index in [1.165, 1.54) is 11.4 Å². The Morgan fingerprint density at radius 1 is 1.56 bits per heavy atom. The summed E-state index contributed by atoms with van der Waals surface area (Å²) in [7, 11) is 1.45. The van der Waals surface area contributed by atoms with Gasteiger partial charge in [0.2, 0.25) is 0 Å². The minimum absolute atomic E-state index is 0.00414. The number of nitrogens with one attached hydrogen (secondary N) is 1. The Kier molecular flexibility index (Phi) is 5.62. The number of hydrogen-bond acceptors (Lipinski definition) is 4. The molecule has 0 aliphatic carbocycles. The third-order valence-electron chi connectivity index (χ3n) is 2.45. The number of carbonyl (C=O) groups excluding carboxylic acids is 1. The van der Waals surface area contributed by atoms with Crippen LogP contribution in [0.1, 0.15) is 43.5 Å². The van der Waals surface area contributed by atoms with E-state index >= 15 is 0 Å². The molecule has 102 valence electrons. The van der Waals surface area contributed by atoms with Crippen LogP contribution in [0.4, 0.5) is 0 Å². The van der Waals surface area contributed by atoms with Crippen LogP contribution in [0, 0.1) is 0 Å². The maximum absolute atomic E-state index is 11.8. The van der Waals surface area contributed by atoms with Crippen LogP contribution in [0.5, 0.6) is 0 Å². The van der Waals surface area contributed by atoms with Gasteiger partial charge in [0.1, 0.15) is 4.21 Å². The lowest BCUT2D eigenvalue weighted by Gasteiger charge is -2.12. The molecule has 1 N–H and O–H groups in total. The van der Waals surface area contributed by atoms with E-state index in [0.29, 0.717) is 5.56 Å². The third-order valence-corrected chi connectivity index (χ3v) is 5.49. The molecule has 0 saturated heterocycles. The molecule has 1 heterocycles. The Balaban J connectivity index is 2.65. The van der Waals surface area contributed by atoms with Crippen molar-refractivity contribution >= 4 is 37.0 Å². The van der Waals surface area contributed by atoms with E-state index in [1.807, 2.05) is 6.92 Å². The van der Waals surface area contributed by atoms with Gasteiger partial charge >= 0.3 is 0 Å². The van der Waals surface area contributed by atoms with Crippen molar-refractivity contribution in [3.05, 3.63) is 17.0 Å². The van der Waals surface area contributed by atoms with Crippen LogP contribution in [0.2, 0.25) is 0 Å². The van der Waals surface area contributed by atoms with Gasteiger partial charge in [-0.15, -0.1) is 11.3 Å². The molecule has 4 nitrogen and oxygen atoms in total. The smallest absolute Gasteiger partial charge is 0.270 e. The molecule has 7 heteroatoms. The molecule has 0 saturated carbocycles. The number of halogens is 1. The SMILES string of the molecule is CCCCC(C)NC(=O)c1csc(S(=O)(=O)Cl)c1. The van der Waals surface area contributed by atoms with Crippen molar-refractivity contribution in [1.29, 1.82) is 0 Å². The predicted molar refractivity (Wildman–Crippen MR) is 73.8 cm³/mol. The minimum Gasteiger partial charge on any atom is -0.350 e. The van der Waals surface area contributed by atoms with Crippen molar-refractivity contribution in [3.8, 4) is 0 Å². The van der Waals surface area contributed by atoms with E-state index in [2.05, 4.69) is 12.2 Å². The largest absolute Gasteiger partial charge is 0.350 e. The zero-order valence-electron chi connectivity index (χ0n) is 10.3. The second-order valence-corrected chi connectivity index (χ2v) is 7.81. The van der Waals surface area contributed by atoms with Crippen molar-refractivity contribution in [1.82, 2.24) is 5.32 Å². The average Bonchev–Trinajstić information content (AvgIpc) is 2.75. The van der Waals surface area contributed by atoms with Crippen LogP contribution in [0.3, 0.4) is 0 Å². The Labute approximate surface area is 116 Å². The van der Waals surface area contributed by atoms with Crippen LogP contribution in [-0.4, -0.2) is 20.4 Å². The Hall–Kier alpha value is -0.590. The minimum atomic E-state index is -3.75. The van der Waals surface area contributed by atoms with Gasteiger partial charge < -0.3 is 5.32 Å². The molecule has 1 atom stereocenters. The van der Waals surface area contributed by atoms with E-state index in [4.69, 9.17) is 10.7 Å². The molecular formula is C11H16ClNO3S2. The summed E-state index contributed by atoms with van der Waals surface area (Å²) in [5.41, 5.74) is 0.336. The van der Waals surface area contributed by atoms with Crippen molar-refractivity contribution in [3.63, 3.8) is 0 Å². The monoisotopic (exact) mass is 309 g/mol. The molecule has 0 fully saturated rings. The highest BCUT2D eigenvalue weighted by atomic mass is 35.7. The molecule has 0 aromatic carbocycles. The number of unbranched alkanes of at least 4 members (excludes halogenated alkanes) is 1.